The third-order valence-corrected chi connectivity index (χ3v) is 4.19. The number of carbonyl (C=O) groups is 1. The average Bonchev–Trinajstić information content (AvgIpc) is 2.61. The summed E-state index contributed by atoms with van der Waals surface area (Å²) in [6, 6.07) is 4.22. The number of nitrogens with zero attached hydrogens (tertiary/aromatic N) is 1. The molecule has 0 fully saturated rings. The standard InChI is InChI=1S/C17H14Cl3FN2O3/c1-25-17-10(19)4-3-9(15(17)21)12-7-11(22)14(20)16(23-12)13(24)8-26-6-2-5-18/h2-5,7H,6,8H2,1H3,(H2,22,23)/b5-2+. The predicted octanol–water partition coefficient (Wildman–Crippen LogP) is 4.74. The zero-order valence-electron chi connectivity index (χ0n) is 13.6. The number of rotatable bonds is 7. The van der Waals surface area contributed by atoms with Crippen LogP contribution < -0.4 is 10.5 Å². The zero-order chi connectivity index (χ0) is 19.3. The van der Waals surface area contributed by atoms with Crippen molar-refractivity contribution in [2.24, 2.45) is 0 Å². The maximum atomic E-state index is 14.6. The zero-order valence-corrected chi connectivity index (χ0v) is 15.8. The Hall–Kier alpha value is -1.86. The number of pyridine rings is 1. The fourth-order valence-electron chi connectivity index (χ4n) is 2.11. The Bertz CT molecular complexity index is 860. The number of nitrogen functional groups attached to an aromatic ring is 1. The van der Waals surface area contributed by atoms with Crippen LogP contribution in [0.5, 0.6) is 5.75 Å². The molecule has 9 heteroatoms. The topological polar surface area (TPSA) is 74.4 Å². The van der Waals surface area contributed by atoms with Gasteiger partial charge in [-0.3, -0.25) is 4.79 Å². The van der Waals surface area contributed by atoms with Crippen LogP contribution in [0.3, 0.4) is 0 Å². The maximum absolute atomic E-state index is 14.6. The molecule has 1 aromatic heterocycles. The van der Waals surface area contributed by atoms with E-state index < -0.39 is 11.6 Å². The number of halogens is 4. The van der Waals surface area contributed by atoms with Gasteiger partial charge in [0.25, 0.3) is 0 Å². The molecule has 0 radical (unpaired) electrons. The molecular weight excluding hydrogens is 406 g/mol. The molecule has 0 aliphatic rings. The summed E-state index contributed by atoms with van der Waals surface area (Å²) in [6.45, 7) is -0.145. The van der Waals surface area contributed by atoms with Crippen LogP contribution in [0.15, 0.2) is 29.8 Å². The summed E-state index contributed by atoms with van der Waals surface area (Å²) < 4.78 is 24.7. The van der Waals surface area contributed by atoms with Crippen molar-refractivity contribution in [1.82, 2.24) is 4.98 Å². The van der Waals surface area contributed by atoms with Crippen LogP contribution in [-0.4, -0.2) is 31.1 Å². The largest absolute Gasteiger partial charge is 0.492 e. The van der Waals surface area contributed by atoms with Crippen molar-refractivity contribution >= 4 is 46.3 Å². The van der Waals surface area contributed by atoms with E-state index in [1.165, 1.54) is 36.9 Å². The Morgan fingerprint density at radius 3 is 2.77 bits per heavy atom. The van der Waals surface area contributed by atoms with E-state index in [4.69, 9.17) is 50.0 Å². The lowest BCUT2D eigenvalue weighted by Gasteiger charge is -2.12. The Morgan fingerprint density at radius 2 is 2.12 bits per heavy atom. The van der Waals surface area contributed by atoms with Crippen LogP contribution in [-0.2, 0) is 4.74 Å². The van der Waals surface area contributed by atoms with Crippen LogP contribution in [0.4, 0.5) is 10.1 Å². The Morgan fingerprint density at radius 1 is 1.38 bits per heavy atom. The number of methoxy groups -OCH3 is 1. The van der Waals surface area contributed by atoms with Gasteiger partial charge in [0.2, 0.25) is 5.78 Å². The van der Waals surface area contributed by atoms with Gasteiger partial charge in [-0.2, -0.15) is 0 Å². The molecule has 0 unspecified atom stereocenters. The molecule has 0 amide bonds. The van der Waals surface area contributed by atoms with E-state index >= 15 is 0 Å². The van der Waals surface area contributed by atoms with Crippen LogP contribution in [0, 0.1) is 5.82 Å². The fourth-order valence-corrected chi connectivity index (χ4v) is 2.61. The van der Waals surface area contributed by atoms with E-state index in [0.29, 0.717) is 0 Å². The number of carbonyl (C=O) groups excluding carboxylic acids is 1. The first-order valence-corrected chi connectivity index (χ1v) is 8.44. The van der Waals surface area contributed by atoms with Crippen LogP contribution in [0.2, 0.25) is 10.0 Å². The number of hydrogen-bond acceptors (Lipinski definition) is 5. The van der Waals surface area contributed by atoms with E-state index in [2.05, 4.69) is 4.98 Å². The van der Waals surface area contributed by atoms with Gasteiger partial charge in [0.1, 0.15) is 12.3 Å². The van der Waals surface area contributed by atoms with Crippen molar-refractivity contribution in [3.8, 4) is 17.0 Å². The number of aromatic nitrogens is 1. The van der Waals surface area contributed by atoms with Gasteiger partial charge in [0.05, 0.1) is 35.1 Å². The summed E-state index contributed by atoms with van der Waals surface area (Å²) >= 11 is 17.3. The smallest absolute Gasteiger partial charge is 0.208 e. The van der Waals surface area contributed by atoms with Gasteiger partial charge in [0, 0.05) is 11.1 Å². The first kappa shape index (κ1) is 20.5. The molecule has 2 N–H and O–H groups in total. The highest BCUT2D eigenvalue weighted by atomic mass is 35.5. The van der Waals surface area contributed by atoms with Gasteiger partial charge in [-0.05, 0) is 24.3 Å². The highest BCUT2D eigenvalue weighted by Gasteiger charge is 2.20. The molecule has 0 aliphatic heterocycles. The second-order valence-corrected chi connectivity index (χ2v) is 6.04. The van der Waals surface area contributed by atoms with Crippen molar-refractivity contribution in [2.45, 2.75) is 0 Å². The number of benzene rings is 1. The van der Waals surface area contributed by atoms with Gasteiger partial charge < -0.3 is 15.2 Å². The van der Waals surface area contributed by atoms with E-state index in [1.54, 1.807) is 0 Å². The lowest BCUT2D eigenvalue weighted by atomic mass is 10.1. The van der Waals surface area contributed by atoms with Crippen molar-refractivity contribution < 1.29 is 18.7 Å². The SMILES string of the molecule is COc1c(Cl)ccc(-c2cc(N)c(Cl)c(C(=O)COC/C=C/Cl)n2)c1F. The van der Waals surface area contributed by atoms with Gasteiger partial charge in [-0.25, -0.2) is 9.37 Å². The van der Waals surface area contributed by atoms with Crippen LogP contribution in [0.1, 0.15) is 10.5 Å². The van der Waals surface area contributed by atoms with Crippen molar-refractivity contribution in [3.63, 3.8) is 0 Å². The molecule has 138 valence electrons. The summed E-state index contributed by atoms with van der Waals surface area (Å²) in [4.78, 5) is 16.4. The Balaban J connectivity index is 2.44. The van der Waals surface area contributed by atoms with Gasteiger partial charge >= 0.3 is 0 Å². The number of ether oxygens (including phenoxy) is 2. The molecule has 26 heavy (non-hydrogen) atoms. The Labute approximate surface area is 164 Å². The third kappa shape index (κ3) is 4.45. The van der Waals surface area contributed by atoms with E-state index in [9.17, 15) is 9.18 Å². The summed E-state index contributed by atoms with van der Waals surface area (Å²) in [5.41, 5.74) is 7.25. The van der Waals surface area contributed by atoms with Crippen molar-refractivity contribution in [2.75, 3.05) is 26.1 Å². The number of anilines is 1. The molecule has 0 spiro atoms. The maximum Gasteiger partial charge on any atom is 0.208 e. The molecule has 0 saturated carbocycles. The first-order chi connectivity index (χ1) is 12.4. The minimum atomic E-state index is -0.726. The number of Topliss-reactive ketones (excluding diaryl/α,β-unsaturated/α-hetero) is 1. The van der Waals surface area contributed by atoms with Crippen molar-refractivity contribution in [3.05, 3.63) is 51.4 Å². The molecule has 0 saturated heterocycles. The molecule has 0 atom stereocenters. The molecule has 5 nitrogen and oxygen atoms in total. The average molecular weight is 420 g/mol. The van der Waals surface area contributed by atoms with Gasteiger partial charge in [0.15, 0.2) is 11.6 Å². The summed E-state index contributed by atoms with van der Waals surface area (Å²) in [7, 11) is 1.29. The molecule has 1 aromatic carbocycles. The first-order valence-electron chi connectivity index (χ1n) is 7.25. The number of nitrogens with two attached hydrogens (primary N) is 1. The highest BCUT2D eigenvalue weighted by Crippen LogP contribution is 2.36. The normalized spacial score (nSPS) is 11.1. The fraction of sp³-hybridized carbons (Fsp3) is 0.176. The summed E-state index contributed by atoms with van der Waals surface area (Å²) in [6.07, 6.45) is 1.52. The Kier molecular flexibility index (Phi) is 7.23. The minimum Gasteiger partial charge on any atom is -0.492 e. The molecule has 2 rings (SSSR count). The highest BCUT2D eigenvalue weighted by molar-refractivity contribution is 6.36. The van der Waals surface area contributed by atoms with E-state index in [0.717, 1.165) is 0 Å². The molecule has 0 aliphatic carbocycles. The van der Waals surface area contributed by atoms with E-state index in [1.807, 2.05) is 0 Å². The van der Waals surface area contributed by atoms with Crippen LogP contribution >= 0.6 is 34.8 Å². The summed E-state index contributed by atoms with van der Waals surface area (Å²) in [5, 5.41) is 0.0734. The lowest BCUT2D eigenvalue weighted by molar-refractivity contribution is 0.0801. The quantitative estimate of drug-likeness (QED) is 0.518. The molecule has 0 bridgehead atoms. The molecule has 2 aromatic rings. The number of ketones is 1. The van der Waals surface area contributed by atoms with Crippen LogP contribution in [0.25, 0.3) is 11.3 Å². The van der Waals surface area contributed by atoms with Gasteiger partial charge in [-0.1, -0.05) is 34.8 Å². The minimum absolute atomic E-state index is 0.0310. The van der Waals surface area contributed by atoms with E-state index in [-0.39, 0.29) is 51.6 Å². The van der Waals surface area contributed by atoms with Gasteiger partial charge in [-0.15, -0.1) is 0 Å². The summed E-state index contributed by atoms with van der Waals surface area (Å²) in [5.74, 6) is -1.37. The molecule has 1 heterocycles. The third-order valence-electron chi connectivity index (χ3n) is 3.32. The molecular formula is C17H14Cl3FN2O3. The lowest BCUT2D eigenvalue weighted by Crippen LogP contribution is -2.13. The van der Waals surface area contributed by atoms with Crippen molar-refractivity contribution in [1.29, 1.82) is 0 Å². The monoisotopic (exact) mass is 418 g/mol. The number of hydrogen-bond donors (Lipinski definition) is 1. The second-order valence-electron chi connectivity index (χ2n) is 5.00. The second kappa shape index (κ2) is 9.19. The predicted molar refractivity (Wildman–Crippen MR) is 101 cm³/mol.